The van der Waals surface area contributed by atoms with Crippen molar-refractivity contribution in [2.45, 2.75) is 13.8 Å². The summed E-state index contributed by atoms with van der Waals surface area (Å²) in [5.74, 6) is 0. The zero-order valence-corrected chi connectivity index (χ0v) is 12.9. The molecule has 1 aliphatic carbocycles. The molecule has 0 heterocycles. The molecule has 2 aromatic rings. The Hall–Kier alpha value is -2.61. The Morgan fingerprint density at radius 1 is 0.864 bits per heavy atom. The molecule has 0 saturated heterocycles. The van der Waals surface area contributed by atoms with Crippen LogP contribution in [0.2, 0.25) is 0 Å². The van der Waals surface area contributed by atoms with Crippen molar-refractivity contribution in [3.63, 3.8) is 0 Å². The van der Waals surface area contributed by atoms with E-state index < -0.39 is 0 Å². The number of nitrogens with one attached hydrogen (secondary N) is 1. The van der Waals surface area contributed by atoms with Crippen LogP contribution in [0.5, 0.6) is 0 Å². The van der Waals surface area contributed by atoms with Gasteiger partial charge in [-0.3, -0.25) is 5.41 Å². The lowest BCUT2D eigenvalue weighted by molar-refractivity contribution is 0.634. The molecule has 0 radical (unpaired) electrons. The number of hydrogen-bond donors (Lipinski definition) is 2. The third-order valence-corrected chi connectivity index (χ3v) is 3.90. The van der Waals surface area contributed by atoms with Crippen LogP contribution in [0.25, 0.3) is 11.1 Å². The highest BCUT2D eigenvalue weighted by atomic mass is 14.6. The minimum absolute atomic E-state index is 0.0737. The molecule has 110 valence electrons. The van der Waals surface area contributed by atoms with E-state index in [-0.39, 0.29) is 5.41 Å². The number of allylic oxidation sites excluding steroid dienone is 3. The summed E-state index contributed by atoms with van der Waals surface area (Å²) in [5.41, 5.74) is 11.2. The van der Waals surface area contributed by atoms with Crippen LogP contribution in [0.3, 0.4) is 0 Å². The maximum Gasteiger partial charge on any atom is 0.0702 e. The molecule has 3 rings (SSSR count). The standard InChI is InChI=1S/C20H20N2/c1-20(2)12-17(18(21)13-20)19(22)16-10-8-15(9-11-16)14-6-4-3-5-7-14/h3-13,22H,21H2,1-2H3. The van der Waals surface area contributed by atoms with Crippen molar-refractivity contribution < 1.29 is 0 Å². The molecule has 0 atom stereocenters. The van der Waals surface area contributed by atoms with Crippen LogP contribution in [0.4, 0.5) is 0 Å². The fourth-order valence-corrected chi connectivity index (χ4v) is 2.81. The molecule has 0 fully saturated rings. The Morgan fingerprint density at radius 3 is 2.00 bits per heavy atom. The van der Waals surface area contributed by atoms with Gasteiger partial charge in [0.1, 0.15) is 0 Å². The first-order chi connectivity index (χ1) is 10.5. The van der Waals surface area contributed by atoms with Crippen molar-refractivity contribution in [2.24, 2.45) is 11.1 Å². The van der Waals surface area contributed by atoms with Gasteiger partial charge in [0.15, 0.2) is 0 Å². The Morgan fingerprint density at radius 2 is 1.45 bits per heavy atom. The highest BCUT2D eigenvalue weighted by Gasteiger charge is 2.24. The third kappa shape index (κ3) is 2.73. The lowest BCUT2D eigenvalue weighted by Gasteiger charge is -2.10. The molecular formula is C20H20N2. The van der Waals surface area contributed by atoms with Crippen molar-refractivity contribution >= 4 is 5.71 Å². The van der Waals surface area contributed by atoms with Gasteiger partial charge in [-0.25, -0.2) is 0 Å². The quantitative estimate of drug-likeness (QED) is 0.801. The minimum Gasteiger partial charge on any atom is -0.398 e. The van der Waals surface area contributed by atoms with Crippen LogP contribution in [-0.4, -0.2) is 5.71 Å². The Kier molecular flexibility index (Phi) is 3.45. The Labute approximate surface area is 131 Å². The Balaban J connectivity index is 1.88. The van der Waals surface area contributed by atoms with Crippen LogP contribution >= 0.6 is 0 Å². The van der Waals surface area contributed by atoms with Crippen molar-refractivity contribution in [1.82, 2.24) is 0 Å². The normalized spacial score (nSPS) is 16.1. The molecule has 2 heteroatoms. The molecule has 0 bridgehead atoms. The summed E-state index contributed by atoms with van der Waals surface area (Å²) < 4.78 is 0. The lowest BCUT2D eigenvalue weighted by Crippen LogP contribution is -2.09. The van der Waals surface area contributed by atoms with E-state index in [9.17, 15) is 0 Å². The summed E-state index contributed by atoms with van der Waals surface area (Å²) in [7, 11) is 0. The molecule has 0 spiro atoms. The van der Waals surface area contributed by atoms with Crippen molar-refractivity contribution in [3.05, 3.63) is 83.6 Å². The van der Waals surface area contributed by atoms with E-state index in [1.165, 1.54) is 5.56 Å². The second-order valence-corrected chi connectivity index (χ2v) is 6.30. The lowest BCUT2D eigenvalue weighted by atomic mass is 9.94. The van der Waals surface area contributed by atoms with Crippen LogP contribution in [0.1, 0.15) is 19.4 Å². The second-order valence-electron chi connectivity index (χ2n) is 6.30. The highest BCUT2D eigenvalue weighted by molar-refractivity contribution is 6.13. The zero-order valence-electron chi connectivity index (χ0n) is 12.9. The first-order valence-electron chi connectivity index (χ1n) is 7.43. The largest absolute Gasteiger partial charge is 0.398 e. The van der Waals surface area contributed by atoms with Crippen molar-refractivity contribution in [1.29, 1.82) is 5.41 Å². The van der Waals surface area contributed by atoms with Gasteiger partial charge in [0.25, 0.3) is 0 Å². The molecular weight excluding hydrogens is 268 g/mol. The van der Waals surface area contributed by atoms with E-state index in [0.29, 0.717) is 11.4 Å². The smallest absolute Gasteiger partial charge is 0.0702 e. The van der Waals surface area contributed by atoms with Gasteiger partial charge in [0, 0.05) is 22.2 Å². The number of rotatable bonds is 3. The third-order valence-electron chi connectivity index (χ3n) is 3.90. The molecule has 2 aromatic carbocycles. The van der Waals surface area contributed by atoms with Crippen LogP contribution in [0.15, 0.2) is 78.0 Å². The number of hydrogen-bond acceptors (Lipinski definition) is 2. The van der Waals surface area contributed by atoms with Crippen LogP contribution < -0.4 is 5.73 Å². The first kappa shape index (κ1) is 14.3. The predicted octanol–water partition coefficient (Wildman–Crippen LogP) is 4.53. The van der Waals surface area contributed by atoms with Crippen LogP contribution in [-0.2, 0) is 0 Å². The number of benzene rings is 2. The average Bonchev–Trinajstić information content (AvgIpc) is 2.80. The fraction of sp³-hybridized carbons (Fsp3) is 0.150. The summed E-state index contributed by atoms with van der Waals surface area (Å²) in [5, 5.41) is 8.42. The number of nitrogens with two attached hydrogens (primary N) is 1. The molecule has 0 unspecified atom stereocenters. The summed E-state index contributed by atoms with van der Waals surface area (Å²) in [6.45, 7) is 4.19. The minimum atomic E-state index is -0.0737. The van der Waals surface area contributed by atoms with Gasteiger partial charge in [-0.2, -0.15) is 0 Å². The van der Waals surface area contributed by atoms with Gasteiger partial charge < -0.3 is 5.73 Å². The zero-order chi connectivity index (χ0) is 15.7. The summed E-state index contributed by atoms with van der Waals surface area (Å²) in [6, 6.07) is 18.3. The van der Waals surface area contributed by atoms with Gasteiger partial charge in [0.2, 0.25) is 0 Å². The first-order valence-corrected chi connectivity index (χ1v) is 7.43. The van der Waals surface area contributed by atoms with E-state index in [2.05, 4.69) is 44.2 Å². The molecule has 0 aliphatic heterocycles. The molecule has 22 heavy (non-hydrogen) atoms. The second kappa shape index (κ2) is 5.30. The van der Waals surface area contributed by atoms with Crippen LogP contribution in [0, 0.1) is 10.8 Å². The van der Waals surface area contributed by atoms with Gasteiger partial charge in [-0.15, -0.1) is 0 Å². The topological polar surface area (TPSA) is 49.9 Å². The monoisotopic (exact) mass is 288 g/mol. The average molecular weight is 288 g/mol. The fourth-order valence-electron chi connectivity index (χ4n) is 2.81. The molecule has 1 aliphatic rings. The molecule has 0 saturated carbocycles. The summed E-state index contributed by atoms with van der Waals surface area (Å²) in [4.78, 5) is 0. The molecule has 0 amide bonds. The summed E-state index contributed by atoms with van der Waals surface area (Å²) >= 11 is 0. The van der Waals surface area contributed by atoms with Gasteiger partial charge in [0.05, 0.1) is 5.71 Å². The molecule has 3 N–H and O–H groups in total. The van der Waals surface area contributed by atoms with Crippen molar-refractivity contribution in [3.8, 4) is 11.1 Å². The highest BCUT2D eigenvalue weighted by Crippen LogP contribution is 2.33. The molecule has 0 aromatic heterocycles. The SMILES string of the molecule is CC1(C)C=C(N)C(C(=N)c2ccc(-c3ccccc3)cc2)=C1. The van der Waals surface area contributed by atoms with E-state index in [1.807, 2.05) is 36.4 Å². The van der Waals surface area contributed by atoms with Gasteiger partial charge in [-0.1, -0.05) is 80.6 Å². The maximum atomic E-state index is 8.42. The Bertz CT molecular complexity index is 763. The van der Waals surface area contributed by atoms with E-state index in [0.717, 1.165) is 16.7 Å². The predicted molar refractivity (Wildman–Crippen MR) is 92.8 cm³/mol. The van der Waals surface area contributed by atoms with E-state index in [4.69, 9.17) is 11.1 Å². The maximum absolute atomic E-state index is 8.42. The molecule has 2 nitrogen and oxygen atoms in total. The van der Waals surface area contributed by atoms with Crippen molar-refractivity contribution in [2.75, 3.05) is 0 Å². The summed E-state index contributed by atoms with van der Waals surface area (Å²) in [6.07, 6.45) is 4.07. The van der Waals surface area contributed by atoms with E-state index in [1.54, 1.807) is 0 Å². The van der Waals surface area contributed by atoms with Gasteiger partial charge in [-0.05, 0) is 11.1 Å². The van der Waals surface area contributed by atoms with E-state index >= 15 is 0 Å². The van der Waals surface area contributed by atoms with Gasteiger partial charge >= 0.3 is 0 Å².